The third-order valence-electron chi connectivity index (χ3n) is 3.12. The SMILES string of the molecule is CC(O)CN(C)CC(C)(CN)c1ccccc1. The molecule has 0 saturated heterocycles. The van der Waals surface area contributed by atoms with Crippen molar-refractivity contribution in [2.45, 2.75) is 25.4 Å². The molecule has 0 radical (unpaired) electrons. The van der Waals surface area contributed by atoms with Gasteiger partial charge in [-0.15, -0.1) is 0 Å². The maximum Gasteiger partial charge on any atom is 0.0638 e. The first-order valence-corrected chi connectivity index (χ1v) is 6.10. The van der Waals surface area contributed by atoms with Gasteiger partial charge in [0.1, 0.15) is 0 Å². The molecule has 3 N–H and O–H groups in total. The minimum atomic E-state index is -0.308. The van der Waals surface area contributed by atoms with Crippen molar-refractivity contribution in [1.82, 2.24) is 4.90 Å². The second-order valence-corrected chi connectivity index (χ2v) is 5.18. The van der Waals surface area contributed by atoms with E-state index < -0.39 is 0 Å². The van der Waals surface area contributed by atoms with Crippen LogP contribution in [0.3, 0.4) is 0 Å². The minimum absolute atomic E-state index is 0.0646. The lowest BCUT2D eigenvalue weighted by Gasteiger charge is -2.33. The number of aliphatic hydroxyl groups excluding tert-OH is 1. The van der Waals surface area contributed by atoms with Crippen LogP contribution < -0.4 is 5.73 Å². The number of nitrogens with two attached hydrogens (primary N) is 1. The fourth-order valence-corrected chi connectivity index (χ4v) is 2.23. The molecule has 3 heteroatoms. The van der Waals surface area contributed by atoms with Crippen LogP contribution in [0.4, 0.5) is 0 Å². The molecular formula is C14H24N2O. The zero-order valence-corrected chi connectivity index (χ0v) is 11.1. The van der Waals surface area contributed by atoms with Crippen LogP contribution in [-0.2, 0) is 5.41 Å². The Morgan fingerprint density at radius 2 is 1.94 bits per heavy atom. The number of benzene rings is 1. The van der Waals surface area contributed by atoms with E-state index in [2.05, 4.69) is 24.0 Å². The summed E-state index contributed by atoms with van der Waals surface area (Å²) < 4.78 is 0. The Morgan fingerprint density at radius 3 is 2.41 bits per heavy atom. The molecule has 0 amide bonds. The monoisotopic (exact) mass is 236 g/mol. The molecule has 0 aliphatic heterocycles. The molecule has 0 heterocycles. The van der Waals surface area contributed by atoms with Gasteiger partial charge in [0.15, 0.2) is 0 Å². The third-order valence-corrected chi connectivity index (χ3v) is 3.12. The lowest BCUT2D eigenvalue weighted by atomic mass is 9.82. The highest BCUT2D eigenvalue weighted by atomic mass is 16.3. The summed E-state index contributed by atoms with van der Waals surface area (Å²) in [4.78, 5) is 2.13. The number of likely N-dealkylation sites (N-methyl/N-ethyl adjacent to an activating group) is 1. The summed E-state index contributed by atoms with van der Waals surface area (Å²) in [6, 6.07) is 10.3. The van der Waals surface area contributed by atoms with Crippen LogP contribution in [-0.4, -0.2) is 42.8 Å². The van der Waals surface area contributed by atoms with E-state index in [1.54, 1.807) is 6.92 Å². The standard InChI is InChI=1S/C14H24N2O/c1-12(17)9-16(3)11-14(2,10-15)13-7-5-4-6-8-13/h4-8,12,17H,9-11,15H2,1-3H3. The highest BCUT2D eigenvalue weighted by Gasteiger charge is 2.26. The lowest BCUT2D eigenvalue weighted by molar-refractivity contribution is 0.129. The largest absolute Gasteiger partial charge is 0.392 e. The third kappa shape index (κ3) is 4.11. The van der Waals surface area contributed by atoms with Gasteiger partial charge in [-0.2, -0.15) is 0 Å². The molecule has 0 saturated carbocycles. The van der Waals surface area contributed by atoms with Crippen molar-refractivity contribution in [3.8, 4) is 0 Å². The topological polar surface area (TPSA) is 49.5 Å². The average Bonchev–Trinajstić information content (AvgIpc) is 2.29. The van der Waals surface area contributed by atoms with E-state index in [4.69, 9.17) is 5.73 Å². The number of hydrogen-bond donors (Lipinski definition) is 2. The van der Waals surface area contributed by atoms with Gasteiger partial charge in [-0.3, -0.25) is 0 Å². The van der Waals surface area contributed by atoms with E-state index in [9.17, 15) is 5.11 Å². The van der Waals surface area contributed by atoms with E-state index in [1.165, 1.54) is 5.56 Å². The highest BCUT2D eigenvalue weighted by molar-refractivity contribution is 5.25. The molecule has 0 spiro atoms. The Balaban J connectivity index is 2.76. The molecule has 0 aliphatic rings. The fraction of sp³-hybridized carbons (Fsp3) is 0.571. The molecular weight excluding hydrogens is 212 g/mol. The van der Waals surface area contributed by atoms with Crippen molar-refractivity contribution in [3.63, 3.8) is 0 Å². The Morgan fingerprint density at radius 1 is 1.35 bits per heavy atom. The smallest absolute Gasteiger partial charge is 0.0638 e. The van der Waals surface area contributed by atoms with Gasteiger partial charge in [0.2, 0.25) is 0 Å². The van der Waals surface area contributed by atoms with E-state index in [1.807, 2.05) is 25.2 Å². The Kier molecular flexibility index (Phi) is 5.12. The second kappa shape index (κ2) is 6.15. The van der Waals surface area contributed by atoms with Gasteiger partial charge in [0, 0.05) is 25.0 Å². The molecule has 0 aliphatic carbocycles. The van der Waals surface area contributed by atoms with Gasteiger partial charge >= 0.3 is 0 Å². The highest BCUT2D eigenvalue weighted by Crippen LogP contribution is 2.23. The first-order chi connectivity index (χ1) is 7.98. The molecule has 2 unspecified atom stereocenters. The number of hydrogen-bond acceptors (Lipinski definition) is 3. The first-order valence-electron chi connectivity index (χ1n) is 6.10. The molecule has 2 atom stereocenters. The first kappa shape index (κ1) is 14.2. The van der Waals surface area contributed by atoms with Gasteiger partial charge in [-0.1, -0.05) is 37.3 Å². The van der Waals surface area contributed by atoms with Crippen LogP contribution in [0, 0.1) is 0 Å². The quantitative estimate of drug-likeness (QED) is 0.780. The van der Waals surface area contributed by atoms with Crippen molar-refractivity contribution in [3.05, 3.63) is 35.9 Å². The van der Waals surface area contributed by atoms with Crippen molar-refractivity contribution >= 4 is 0 Å². The predicted octanol–water partition coefficient (Wildman–Crippen LogP) is 1.22. The van der Waals surface area contributed by atoms with Gasteiger partial charge in [-0.05, 0) is 19.5 Å². The number of nitrogens with zero attached hydrogens (tertiary/aromatic N) is 1. The molecule has 1 aromatic carbocycles. The van der Waals surface area contributed by atoms with E-state index >= 15 is 0 Å². The van der Waals surface area contributed by atoms with Crippen LogP contribution in [0.15, 0.2) is 30.3 Å². The molecule has 0 bridgehead atoms. The summed E-state index contributed by atoms with van der Waals surface area (Å²) in [6.45, 7) is 6.08. The zero-order valence-electron chi connectivity index (χ0n) is 11.1. The average molecular weight is 236 g/mol. The van der Waals surface area contributed by atoms with Crippen molar-refractivity contribution < 1.29 is 5.11 Å². The Hall–Kier alpha value is -0.900. The van der Waals surface area contributed by atoms with Crippen LogP contribution in [0.2, 0.25) is 0 Å². The van der Waals surface area contributed by atoms with Crippen LogP contribution >= 0.6 is 0 Å². The van der Waals surface area contributed by atoms with Gasteiger partial charge in [-0.25, -0.2) is 0 Å². The molecule has 0 aromatic heterocycles. The summed E-state index contributed by atoms with van der Waals surface area (Å²) in [5.74, 6) is 0. The molecule has 3 nitrogen and oxygen atoms in total. The zero-order chi connectivity index (χ0) is 12.9. The molecule has 1 rings (SSSR count). The van der Waals surface area contributed by atoms with Gasteiger partial charge in [0.25, 0.3) is 0 Å². The van der Waals surface area contributed by atoms with Crippen LogP contribution in [0.25, 0.3) is 0 Å². The maximum atomic E-state index is 9.39. The van der Waals surface area contributed by atoms with Crippen molar-refractivity contribution in [2.24, 2.45) is 5.73 Å². The molecule has 96 valence electrons. The molecule has 17 heavy (non-hydrogen) atoms. The summed E-state index contributed by atoms with van der Waals surface area (Å²) in [6.07, 6.45) is -0.308. The van der Waals surface area contributed by atoms with E-state index in [0.717, 1.165) is 6.54 Å². The number of aliphatic hydroxyl groups is 1. The minimum Gasteiger partial charge on any atom is -0.392 e. The summed E-state index contributed by atoms with van der Waals surface area (Å²) >= 11 is 0. The van der Waals surface area contributed by atoms with Crippen molar-refractivity contribution in [1.29, 1.82) is 0 Å². The normalized spacial score (nSPS) is 16.8. The van der Waals surface area contributed by atoms with Gasteiger partial charge in [0.05, 0.1) is 6.10 Å². The molecule has 0 fully saturated rings. The van der Waals surface area contributed by atoms with Gasteiger partial charge < -0.3 is 15.7 Å². The van der Waals surface area contributed by atoms with Crippen LogP contribution in [0.5, 0.6) is 0 Å². The summed E-state index contributed by atoms with van der Waals surface area (Å²) in [5.41, 5.74) is 7.11. The lowest BCUT2D eigenvalue weighted by Crippen LogP contribution is -2.44. The summed E-state index contributed by atoms with van der Waals surface area (Å²) in [5, 5.41) is 9.39. The fourth-order valence-electron chi connectivity index (χ4n) is 2.23. The van der Waals surface area contributed by atoms with E-state index in [0.29, 0.717) is 13.1 Å². The number of rotatable bonds is 6. The Bertz CT molecular complexity index is 326. The Labute approximate surface area is 104 Å². The van der Waals surface area contributed by atoms with E-state index in [-0.39, 0.29) is 11.5 Å². The summed E-state index contributed by atoms with van der Waals surface area (Å²) in [7, 11) is 2.02. The molecule has 1 aromatic rings. The maximum absolute atomic E-state index is 9.39. The predicted molar refractivity (Wildman–Crippen MR) is 72.0 cm³/mol. The van der Waals surface area contributed by atoms with Crippen molar-refractivity contribution in [2.75, 3.05) is 26.7 Å². The van der Waals surface area contributed by atoms with Crippen LogP contribution in [0.1, 0.15) is 19.4 Å². The second-order valence-electron chi connectivity index (χ2n) is 5.18.